The Labute approximate surface area is 175 Å². The summed E-state index contributed by atoms with van der Waals surface area (Å²) in [6.45, 7) is 5.81. The smallest absolute Gasteiger partial charge is 0.412 e. The van der Waals surface area contributed by atoms with Crippen LogP contribution < -0.4 is 20.7 Å². The number of ether oxygens (including phenoxy) is 2. The Morgan fingerprint density at radius 2 is 1.93 bits per heavy atom. The lowest BCUT2D eigenvalue weighted by Crippen LogP contribution is -2.35. The molecule has 0 radical (unpaired) electrons. The van der Waals surface area contributed by atoms with Crippen LogP contribution in [0.4, 0.5) is 21.0 Å². The minimum Gasteiger partial charge on any atom is -0.493 e. The lowest BCUT2D eigenvalue weighted by molar-refractivity contribution is 0.0636. The van der Waals surface area contributed by atoms with E-state index in [9.17, 15) is 14.9 Å². The van der Waals surface area contributed by atoms with Crippen molar-refractivity contribution in [1.29, 1.82) is 5.26 Å². The van der Waals surface area contributed by atoms with Crippen LogP contribution >= 0.6 is 0 Å². The molecule has 0 saturated heterocycles. The van der Waals surface area contributed by atoms with E-state index in [0.29, 0.717) is 35.7 Å². The number of carbonyl (C=O) groups is 2. The highest BCUT2D eigenvalue weighted by Gasteiger charge is 2.24. The van der Waals surface area contributed by atoms with E-state index in [1.165, 1.54) is 0 Å². The van der Waals surface area contributed by atoms with Crippen LogP contribution in [0.3, 0.4) is 0 Å². The normalized spacial score (nSPS) is 15.1. The summed E-state index contributed by atoms with van der Waals surface area (Å²) in [5.41, 5.74) is 1.49. The van der Waals surface area contributed by atoms with Gasteiger partial charge in [-0.3, -0.25) is 5.32 Å². The van der Waals surface area contributed by atoms with Crippen molar-refractivity contribution in [2.75, 3.05) is 17.2 Å². The fraction of sp³-hybridized carbons (Fsp3) is 0.318. The van der Waals surface area contributed by atoms with E-state index in [1.54, 1.807) is 63.2 Å². The van der Waals surface area contributed by atoms with Crippen molar-refractivity contribution >= 4 is 23.5 Å². The van der Waals surface area contributed by atoms with Crippen LogP contribution in [0.15, 0.2) is 42.5 Å². The molecule has 0 unspecified atom stereocenters. The number of urea groups is 1. The summed E-state index contributed by atoms with van der Waals surface area (Å²) in [5.74, 6) is 0.638. The van der Waals surface area contributed by atoms with Crippen LogP contribution in [0.25, 0.3) is 0 Å². The van der Waals surface area contributed by atoms with Gasteiger partial charge >= 0.3 is 12.1 Å². The van der Waals surface area contributed by atoms with Gasteiger partial charge < -0.3 is 20.1 Å². The van der Waals surface area contributed by atoms with Gasteiger partial charge in [0.1, 0.15) is 17.4 Å². The van der Waals surface area contributed by atoms with E-state index in [4.69, 9.17) is 9.47 Å². The third kappa shape index (κ3) is 5.41. The molecule has 8 nitrogen and oxygen atoms in total. The van der Waals surface area contributed by atoms with E-state index in [-0.39, 0.29) is 6.04 Å². The van der Waals surface area contributed by atoms with Crippen LogP contribution in [0.1, 0.15) is 44.4 Å². The fourth-order valence-corrected chi connectivity index (χ4v) is 3.05. The van der Waals surface area contributed by atoms with Crippen molar-refractivity contribution in [1.82, 2.24) is 5.32 Å². The van der Waals surface area contributed by atoms with Gasteiger partial charge in [-0.1, -0.05) is 12.1 Å². The lowest BCUT2D eigenvalue weighted by atomic mass is 10.00. The third-order valence-electron chi connectivity index (χ3n) is 4.30. The van der Waals surface area contributed by atoms with Crippen molar-refractivity contribution in [3.8, 4) is 11.8 Å². The van der Waals surface area contributed by atoms with Crippen LogP contribution in [0, 0.1) is 11.3 Å². The maximum Gasteiger partial charge on any atom is 0.412 e. The highest BCUT2D eigenvalue weighted by Crippen LogP contribution is 2.34. The van der Waals surface area contributed by atoms with E-state index in [0.717, 1.165) is 5.56 Å². The molecule has 30 heavy (non-hydrogen) atoms. The molecule has 1 aliphatic rings. The van der Waals surface area contributed by atoms with Crippen LogP contribution in [-0.4, -0.2) is 24.3 Å². The highest BCUT2D eigenvalue weighted by atomic mass is 16.6. The summed E-state index contributed by atoms with van der Waals surface area (Å²) in [7, 11) is 0. The van der Waals surface area contributed by atoms with Crippen molar-refractivity contribution in [3.05, 3.63) is 53.6 Å². The molecule has 1 heterocycles. The minimum atomic E-state index is -0.608. The van der Waals surface area contributed by atoms with Crippen molar-refractivity contribution in [3.63, 3.8) is 0 Å². The summed E-state index contributed by atoms with van der Waals surface area (Å²) >= 11 is 0. The first-order chi connectivity index (χ1) is 14.2. The van der Waals surface area contributed by atoms with Gasteiger partial charge in [-0.15, -0.1) is 0 Å². The zero-order chi connectivity index (χ0) is 21.7. The van der Waals surface area contributed by atoms with E-state index >= 15 is 0 Å². The standard InChI is InChI=1S/C22H24N4O4/c1-22(2,3)30-21(28)24-15-8-9-19-16(12-15)18(10-11-29-19)26-20(27)25-17-7-5-4-6-14(17)13-23/h4-9,12,18H,10-11H2,1-3H3,(H,24,28)(H2,25,26,27)/t18-/m0/s1. The lowest BCUT2D eigenvalue weighted by Gasteiger charge is -2.27. The highest BCUT2D eigenvalue weighted by molar-refractivity contribution is 5.91. The minimum absolute atomic E-state index is 0.316. The topological polar surface area (TPSA) is 112 Å². The Balaban J connectivity index is 1.72. The second-order valence-electron chi connectivity index (χ2n) is 7.83. The van der Waals surface area contributed by atoms with Gasteiger partial charge in [-0.2, -0.15) is 5.26 Å². The largest absolute Gasteiger partial charge is 0.493 e. The molecular weight excluding hydrogens is 384 g/mol. The van der Waals surface area contributed by atoms with Crippen LogP contribution in [-0.2, 0) is 4.74 Å². The predicted octanol–water partition coefficient (Wildman–Crippen LogP) is 4.55. The molecule has 2 aromatic rings. The number of carbonyl (C=O) groups excluding carboxylic acids is 2. The molecule has 3 N–H and O–H groups in total. The van der Waals surface area contributed by atoms with Gasteiger partial charge in [0.05, 0.1) is 23.9 Å². The Morgan fingerprint density at radius 3 is 2.67 bits per heavy atom. The number of para-hydroxylation sites is 1. The summed E-state index contributed by atoms with van der Waals surface area (Å²) < 4.78 is 10.9. The molecule has 0 spiro atoms. The molecule has 0 saturated carbocycles. The van der Waals surface area contributed by atoms with Crippen molar-refractivity contribution in [2.24, 2.45) is 0 Å². The first-order valence-corrected chi connectivity index (χ1v) is 9.58. The Kier molecular flexibility index (Phi) is 6.11. The molecule has 2 aromatic carbocycles. The molecule has 156 valence electrons. The Bertz CT molecular complexity index is 991. The van der Waals surface area contributed by atoms with E-state index in [2.05, 4.69) is 16.0 Å². The quantitative estimate of drug-likeness (QED) is 0.690. The maximum absolute atomic E-state index is 12.5. The number of nitrogens with one attached hydrogen (secondary N) is 3. The first kappa shape index (κ1) is 21.0. The van der Waals surface area contributed by atoms with Gasteiger partial charge in [-0.25, -0.2) is 9.59 Å². The monoisotopic (exact) mass is 408 g/mol. The van der Waals surface area contributed by atoms with Gasteiger partial charge in [0.15, 0.2) is 0 Å². The third-order valence-corrected chi connectivity index (χ3v) is 4.30. The zero-order valence-corrected chi connectivity index (χ0v) is 17.1. The first-order valence-electron chi connectivity index (χ1n) is 9.58. The molecule has 0 fully saturated rings. The van der Waals surface area contributed by atoms with Gasteiger partial charge in [0, 0.05) is 17.7 Å². The number of hydrogen-bond donors (Lipinski definition) is 3. The molecule has 3 amide bonds. The van der Waals surface area contributed by atoms with Crippen molar-refractivity contribution in [2.45, 2.75) is 38.8 Å². The van der Waals surface area contributed by atoms with E-state index in [1.807, 2.05) is 6.07 Å². The number of nitriles is 1. The van der Waals surface area contributed by atoms with Crippen molar-refractivity contribution < 1.29 is 19.1 Å². The Morgan fingerprint density at radius 1 is 1.17 bits per heavy atom. The van der Waals surface area contributed by atoms with E-state index < -0.39 is 17.7 Å². The average Bonchev–Trinajstić information content (AvgIpc) is 2.67. The predicted molar refractivity (Wildman–Crippen MR) is 112 cm³/mol. The van der Waals surface area contributed by atoms with Crippen LogP contribution in [0.2, 0.25) is 0 Å². The molecule has 1 atom stereocenters. The maximum atomic E-state index is 12.5. The van der Waals surface area contributed by atoms with Gasteiger partial charge in [-0.05, 0) is 51.1 Å². The SMILES string of the molecule is CC(C)(C)OC(=O)Nc1ccc2c(c1)[C@@H](NC(=O)Nc1ccccc1C#N)CCO2. The summed E-state index contributed by atoms with van der Waals surface area (Å²) in [6.07, 6.45) is 0.00507. The number of rotatable bonds is 3. The number of nitrogens with zero attached hydrogens (tertiary/aromatic N) is 1. The zero-order valence-electron chi connectivity index (χ0n) is 17.1. The van der Waals surface area contributed by atoms with Gasteiger partial charge in [0.25, 0.3) is 0 Å². The van der Waals surface area contributed by atoms with Gasteiger partial charge in [0.2, 0.25) is 0 Å². The number of amides is 3. The molecule has 0 bridgehead atoms. The number of hydrogen-bond acceptors (Lipinski definition) is 5. The molecule has 0 aromatic heterocycles. The summed E-state index contributed by atoms with van der Waals surface area (Å²) in [5, 5.41) is 17.5. The molecule has 0 aliphatic carbocycles. The number of fused-ring (bicyclic) bond motifs is 1. The molecule has 8 heteroatoms. The molecular formula is C22H24N4O4. The summed E-state index contributed by atoms with van der Waals surface area (Å²) in [6, 6.07) is 13.3. The number of benzene rings is 2. The average molecular weight is 408 g/mol. The number of anilines is 2. The second-order valence-corrected chi connectivity index (χ2v) is 7.83. The molecule has 1 aliphatic heterocycles. The summed E-state index contributed by atoms with van der Waals surface area (Å²) in [4.78, 5) is 24.6. The van der Waals surface area contributed by atoms with Crippen LogP contribution in [0.5, 0.6) is 5.75 Å². The Hall–Kier alpha value is -3.73. The molecule has 3 rings (SSSR count). The fourth-order valence-electron chi connectivity index (χ4n) is 3.05. The second kappa shape index (κ2) is 8.74.